The van der Waals surface area contributed by atoms with Crippen LogP contribution in [0.15, 0.2) is 12.1 Å². The maximum absolute atomic E-state index is 12.8. The zero-order chi connectivity index (χ0) is 12.3. The fourth-order valence-electron chi connectivity index (χ4n) is 1.08. The topological polar surface area (TPSA) is 32.3 Å². The van der Waals surface area contributed by atoms with E-state index in [-0.39, 0.29) is 12.2 Å². The van der Waals surface area contributed by atoms with Crippen LogP contribution >= 0.6 is 0 Å². The lowest BCUT2D eigenvalue weighted by Crippen LogP contribution is -2.32. The van der Waals surface area contributed by atoms with Gasteiger partial charge in [-0.05, 0) is 13.3 Å². The van der Waals surface area contributed by atoms with Gasteiger partial charge in [-0.15, -0.1) is 0 Å². The van der Waals surface area contributed by atoms with Crippen LogP contribution in [0.2, 0.25) is 0 Å². The Morgan fingerprint density at radius 2 is 1.75 bits per heavy atom. The molecule has 90 valence electrons. The molecule has 0 radical (unpaired) electrons. The Labute approximate surface area is 92.1 Å². The molecule has 0 bridgehead atoms. The molecule has 0 spiro atoms. The molecule has 2 nitrogen and oxygen atoms in total. The SMILES string of the molecule is CCC(C)(O)CNc1cc(F)c(F)c(F)c1. The maximum atomic E-state index is 12.8. The minimum absolute atomic E-state index is 0.102. The zero-order valence-electron chi connectivity index (χ0n) is 9.15. The molecule has 0 amide bonds. The molecule has 1 aromatic rings. The quantitative estimate of drug-likeness (QED) is 0.784. The molecular formula is C11H14F3NO. The van der Waals surface area contributed by atoms with Gasteiger partial charge in [-0.1, -0.05) is 6.92 Å². The van der Waals surface area contributed by atoms with Crippen LogP contribution in [0, 0.1) is 17.5 Å². The van der Waals surface area contributed by atoms with Gasteiger partial charge in [0, 0.05) is 24.4 Å². The molecular weight excluding hydrogens is 219 g/mol. The summed E-state index contributed by atoms with van der Waals surface area (Å²) in [4.78, 5) is 0. The van der Waals surface area contributed by atoms with Gasteiger partial charge in [-0.25, -0.2) is 13.2 Å². The van der Waals surface area contributed by atoms with Crippen molar-refractivity contribution in [2.75, 3.05) is 11.9 Å². The maximum Gasteiger partial charge on any atom is 0.194 e. The first-order valence-corrected chi connectivity index (χ1v) is 4.96. The van der Waals surface area contributed by atoms with Crippen LogP contribution in [0.3, 0.4) is 0 Å². The lowest BCUT2D eigenvalue weighted by molar-refractivity contribution is 0.0697. The van der Waals surface area contributed by atoms with E-state index in [2.05, 4.69) is 5.32 Å². The van der Waals surface area contributed by atoms with Crippen molar-refractivity contribution in [2.24, 2.45) is 0 Å². The van der Waals surface area contributed by atoms with Crippen molar-refractivity contribution in [3.8, 4) is 0 Å². The molecule has 1 atom stereocenters. The van der Waals surface area contributed by atoms with Crippen molar-refractivity contribution < 1.29 is 18.3 Å². The Bertz CT molecular complexity index is 356. The Morgan fingerprint density at radius 3 is 2.19 bits per heavy atom. The smallest absolute Gasteiger partial charge is 0.194 e. The number of hydrogen-bond donors (Lipinski definition) is 2. The average molecular weight is 233 g/mol. The first-order valence-electron chi connectivity index (χ1n) is 4.96. The first-order chi connectivity index (χ1) is 7.35. The van der Waals surface area contributed by atoms with Gasteiger partial charge in [0.15, 0.2) is 17.5 Å². The minimum Gasteiger partial charge on any atom is -0.388 e. The summed E-state index contributed by atoms with van der Waals surface area (Å²) >= 11 is 0. The molecule has 2 N–H and O–H groups in total. The van der Waals surface area contributed by atoms with Crippen molar-refractivity contribution in [1.82, 2.24) is 0 Å². The highest BCUT2D eigenvalue weighted by atomic mass is 19.2. The average Bonchev–Trinajstić information content (AvgIpc) is 2.23. The van der Waals surface area contributed by atoms with Gasteiger partial charge >= 0.3 is 0 Å². The summed E-state index contributed by atoms with van der Waals surface area (Å²) in [6.07, 6.45) is 0.492. The van der Waals surface area contributed by atoms with E-state index in [4.69, 9.17) is 0 Å². The summed E-state index contributed by atoms with van der Waals surface area (Å²) in [6, 6.07) is 1.70. The molecule has 0 aromatic heterocycles. The minimum atomic E-state index is -1.49. The van der Waals surface area contributed by atoms with Gasteiger partial charge in [0.2, 0.25) is 0 Å². The zero-order valence-corrected chi connectivity index (χ0v) is 9.15. The van der Waals surface area contributed by atoms with Crippen LogP contribution in [0.4, 0.5) is 18.9 Å². The first kappa shape index (κ1) is 12.8. The lowest BCUT2D eigenvalue weighted by atomic mass is 10.0. The van der Waals surface area contributed by atoms with E-state index in [1.54, 1.807) is 13.8 Å². The Morgan fingerprint density at radius 1 is 1.25 bits per heavy atom. The molecule has 1 aromatic carbocycles. The van der Waals surface area contributed by atoms with Crippen molar-refractivity contribution in [3.05, 3.63) is 29.6 Å². The molecule has 5 heteroatoms. The van der Waals surface area contributed by atoms with Gasteiger partial charge in [0.1, 0.15) is 0 Å². The Kier molecular flexibility index (Phi) is 3.80. The highest BCUT2D eigenvalue weighted by Gasteiger charge is 2.18. The second kappa shape index (κ2) is 4.74. The number of nitrogens with one attached hydrogen (secondary N) is 1. The van der Waals surface area contributed by atoms with E-state index in [0.29, 0.717) is 6.42 Å². The fourth-order valence-corrected chi connectivity index (χ4v) is 1.08. The van der Waals surface area contributed by atoms with E-state index >= 15 is 0 Å². The van der Waals surface area contributed by atoms with Gasteiger partial charge in [0.05, 0.1) is 5.60 Å². The van der Waals surface area contributed by atoms with Gasteiger partial charge in [0.25, 0.3) is 0 Å². The van der Waals surface area contributed by atoms with Crippen LogP contribution in [0.5, 0.6) is 0 Å². The fraction of sp³-hybridized carbons (Fsp3) is 0.455. The monoisotopic (exact) mass is 233 g/mol. The van der Waals surface area contributed by atoms with Gasteiger partial charge < -0.3 is 10.4 Å². The van der Waals surface area contributed by atoms with Crippen LogP contribution in [-0.2, 0) is 0 Å². The molecule has 0 heterocycles. The van der Waals surface area contributed by atoms with Crippen molar-refractivity contribution >= 4 is 5.69 Å². The van der Waals surface area contributed by atoms with Gasteiger partial charge in [-0.2, -0.15) is 0 Å². The van der Waals surface area contributed by atoms with Gasteiger partial charge in [-0.3, -0.25) is 0 Å². The number of hydrogen-bond acceptors (Lipinski definition) is 2. The second-order valence-electron chi connectivity index (χ2n) is 3.96. The third kappa shape index (κ3) is 3.13. The Balaban J connectivity index is 2.76. The molecule has 0 saturated carbocycles. The molecule has 1 unspecified atom stereocenters. The van der Waals surface area contributed by atoms with E-state index in [1.807, 2.05) is 0 Å². The van der Waals surface area contributed by atoms with Crippen LogP contribution in [-0.4, -0.2) is 17.3 Å². The van der Waals surface area contributed by atoms with Crippen LogP contribution in [0.1, 0.15) is 20.3 Å². The van der Waals surface area contributed by atoms with Crippen molar-refractivity contribution in [3.63, 3.8) is 0 Å². The van der Waals surface area contributed by atoms with Crippen molar-refractivity contribution in [2.45, 2.75) is 25.9 Å². The summed E-state index contributed by atoms with van der Waals surface area (Å²) in [5.74, 6) is -4.00. The summed E-state index contributed by atoms with van der Waals surface area (Å²) in [5, 5.41) is 12.3. The number of benzene rings is 1. The van der Waals surface area contributed by atoms with E-state index < -0.39 is 23.1 Å². The number of halogens is 3. The van der Waals surface area contributed by atoms with E-state index in [9.17, 15) is 18.3 Å². The predicted molar refractivity (Wildman–Crippen MR) is 55.7 cm³/mol. The van der Waals surface area contributed by atoms with E-state index in [1.165, 1.54) is 0 Å². The third-order valence-electron chi connectivity index (χ3n) is 2.42. The number of rotatable bonds is 4. The molecule has 0 saturated heterocycles. The molecule has 0 fully saturated rings. The predicted octanol–water partition coefficient (Wildman–Crippen LogP) is 2.68. The molecule has 0 aliphatic carbocycles. The molecule has 0 aliphatic rings. The highest BCUT2D eigenvalue weighted by Crippen LogP contribution is 2.18. The lowest BCUT2D eigenvalue weighted by Gasteiger charge is -2.22. The Hall–Kier alpha value is -1.23. The molecule has 1 rings (SSSR count). The highest BCUT2D eigenvalue weighted by molar-refractivity contribution is 5.44. The molecule has 0 aliphatic heterocycles. The summed E-state index contributed by atoms with van der Waals surface area (Å²) in [6.45, 7) is 3.51. The summed E-state index contributed by atoms with van der Waals surface area (Å²) in [7, 11) is 0. The number of anilines is 1. The molecule has 16 heavy (non-hydrogen) atoms. The van der Waals surface area contributed by atoms with Crippen molar-refractivity contribution in [1.29, 1.82) is 0 Å². The summed E-state index contributed by atoms with van der Waals surface area (Å²) in [5.41, 5.74) is -0.869. The van der Waals surface area contributed by atoms with Crippen LogP contribution in [0.25, 0.3) is 0 Å². The normalized spacial score (nSPS) is 14.6. The van der Waals surface area contributed by atoms with Crippen LogP contribution < -0.4 is 5.32 Å². The third-order valence-corrected chi connectivity index (χ3v) is 2.42. The van der Waals surface area contributed by atoms with E-state index in [0.717, 1.165) is 12.1 Å². The standard InChI is InChI=1S/C11H14F3NO/c1-3-11(2,16)6-15-7-4-8(12)10(14)9(13)5-7/h4-5,15-16H,3,6H2,1-2H3. The second-order valence-corrected chi connectivity index (χ2v) is 3.96. The number of aliphatic hydroxyl groups is 1. The largest absolute Gasteiger partial charge is 0.388 e. The summed E-state index contributed by atoms with van der Waals surface area (Å²) < 4.78 is 38.3.